The van der Waals surface area contributed by atoms with Crippen LogP contribution in [0.25, 0.3) is 0 Å². The minimum absolute atomic E-state index is 0.382. The molecule has 0 unspecified atom stereocenters. The molecule has 2 amide bonds. The Morgan fingerprint density at radius 2 is 1.78 bits per heavy atom. The van der Waals surface area contributed by atoms with Crippen molar-refractivity contribution in [1.82, 2.24) is 5.32 Å². The van der Waals surface area contributed by atoms with Gasteiger partial charge in [-0.25, -0.2) is 0 Å². The van der Waals surface area contributed by atoms with Crippen LogP contribution in [0.4, 0.5) is 5.69 Å². The summed E-state index contributed by atoms with van der Waals surface area (Å²) in [5.41, 5.74) is 2.60. The number of hydrogen-bond acceptors (Lipinski definition) is 2. The summed E-state index contributed by atoms with van der Waals surface area (Å²) in [6.07, 6.45) is 0.633. The lowest BCUT2D eigenvalue weighted by Crippen LogP contribution is -2.36. The molecule has 0 bridgehead atoms. The number of halogens is 2. The first-order chi connectivity index (χ1) is 11.0. The number of carbonyl (C=O) groups is 2. The molecule has 2 rings (SSSR count). The zero-order valence-corrected chi connectivity index (χ0v) is 14.9. The van der Waals surface area contributed by atoms with E-state index >= 15 is 0 Å². The maximum atomic E-state index is 11.8. The molecular formula is C17H16BrClN2O2. The molecule has 0 aliphatic rings. The fourth-order valence-electron chi connectivity index (χ4n) is 1.96. The zero-order chi connectivity index (χ0) is 16.8. The van der Waals surface area contributed by atoms with Crippen molar-refractivity contribution in [2.45, 2.75) is 13.3 Å². The van der Waals surface area contributed by atoms with Crippen LogP contribution < -0.4 is 10.6 Å². The molecular weight excluding hydrogens is 380 g/mol. The molecule has 0 aliphatic carbocycles. The Bertz CT molecular complexity index is 717. The average Bonchev–Trinajstić information content (AvgIpc) is 2.52. The summed E-state index contributed by atoms with van der Waals surface area (Å²) in [4.78, 5) is 23.6. The normalized spacial score (nSPS) is 10.2. The van der Waals surface area contributed by atoms with Gasteiger partial charge in [-0.05, 0) is 54.8 Å². The second-order valence-corrected chi connectivity index (χ2v) is 6.34. The minimum Gasteiger partial charge on any atom is -0.347 e. The van der Waals surface area contributed by atoms with Gasteiger partial charge in [-0.1, -0.05) is 39.7 Å². The van der Waals surface area contributed by atoms with Gasteiger partial charge in [-0.2, -0.15) is 0 Å². The predicted octanol–water partition coefficient (Wildman–Crippen LogP) is 3.71. The summed E-state index contributed by atoms with van der Waals surface area (Å²) in [5, 5.41) is 5.84. The largest absolute Gasteiger partial charge is 0.347 e. The molecule has 0 saturated heterocycles. The Morgan fingerprint density at radius 1 is 1.09 bits per heavy atom. The molecule has 2 N–H and O–H groups in total. The highest BCUT2D eigenvalue weighted by molar-refractivity contribution is 9.10. The van der Waals surface area contributed by atoms with Gasteiger partial charge in [0.25, 0.3) is 0 Å². The third-order valence-corrected chi connectivity index (χ3v) is 4.38. The number of anilines is 1. The minimum atomic E-state index is -0.678. The Hall–Kier alpha value is -1.85. The van der Waals surface area contributed by atoms with E-state index in [1.54, 1.807) is 24.3 Å². The summed E-state index contributed by atoms with van der Waals surface area (Å²) in [7, 11) is 0. The molecule has 0 heterocycles. The van der Waals surface area contributed by atoms with E-state index in [0.29, 0.717) is 23.7 Å². The van der Waals surface area contributed by atoms with Crippen molar-refractivity contribution in [1.29, 1.82) is 0 Å². The van der Waals surface area contributed by atoms with E-state index in [1.807, 2.05) is 25.1 Å². The van der Waals surface area contributed by atoms with Crippen molar-refractivity contribution in [3.63, 3.8) is 0 Å². The summed E-state index contributed by atoms with van der Waals surface area (Å²) in [6.45, 7) is 2.29. The molecule has 0 aliphatic heterocycles. The third-order valence-electron chi connectivity index (χ3n) is 3.23. The van der Waals surface area contributed by atoms with Crippen LogP contribution in [0.1, 0.15) is 11.1 Å². The topological polar surface area (TPSA) is 58.2 Å². The molecule has 6 heteroatoms. The van der Waals surface area contributed by atoms with Gasteiger partial charge in [-0.15, -0.1) is 0 Å². The maximum Gasteiger partial charge on any atom is 0.313 e. The monoisotopic (exact) mass is 394 g/mol. The summed E-state index contributed by atoms with van der Waals surface area (Å²) < 4.78 is 0.947. The fourth-order valence-corrected chi connectivity index (χ4v) is 2.33. The van der Waals surface area contributed by atoms with Crippen molar-refractivity contribution in [2.75, 3.05) is 11.9 Å². The first-order valence-corrected chi connectivity index (χ1v) is 8.22. The molecule has 23 heavy (non-hydrogen) atoms. The molecule has 0 spiro atoms. The van der Waals surface area contributed by atoms with Crippen LogP contribution in [0.2, 0.25) is 5.02 Å². The van der Waals surface area contributed by atoms with Crippen molar-refractivity contribution >= 4 is 45.0 Å². The lowest BCUT2D eigenvalue weighted by atomic mass is 10.1. The van der Waals surface area contributed by atoms with Gasteiger partial charge in [0.05, 0.1) is 0 Å². The smallest absolute Gasteiger partial charge is 0.313 e. The number of amides is 2. The van der Waals surface area contributed by atoms with Crippen LogP contribution in [-0.4, -0.2) is 18.4 Å². The number of aryl methyl sites for hydroxylation is 1. The first kappa shape index (κ1) is 17.5. The Kier molecular flexibility index (Phi) is 6.19. The quantitative estimate of drug-likeness (QED) is 0.775. The van der Waals surface area contributed by atoms with E-state index in [0.717, 1.165) is 15.6 Å². The lowest BCUT2D eigenvalue weighted by molar-refractivity contribution is -0.136. The van der Waals surface area contributed by atoms with Crippen LogP contribution in [-0.2, 0) is 16.0 Å². The van der Waals surface area contributed by atoms with E-state index < -0.39 is 11.8 Å². The molecule has 0 saturated carbocycles. The highest BCUT2D eigenvalue weighted by atomic mass is 79.9. The summed E-state index contributed by atoms with van der Waals surface area (Å²) >= 11 is 9.20. The van der Waals surface area contributed by atoms with Gasteiger partial charge in [-0.3, -0.25) is 9.59 Å². The third kappa shape index (κ3) is 5.37. The van der Waals surface area contributed by atoms with E-state index in [2.05, 4.69) is 26.6 Å². The van der Waals surface area contributed by atoms with Crippen molar-refractivity contribution < 1.29 is 9.59 Å². The summed E-state index contributed by atoms with van der Waals surface area (Å²) in [6, 6.07) is 12.7. The van der Waals surface area contributed by atoms with Crippen molar-refractivity contribution in [3.8, 4) is 0 Å². The SMILES string of the molecule is Cc1cc(NC(=O)C(=O)NCCc2ccc(Cl)cc2)ccc1Br. The van der Waals surface area contributed by atoms with E-state index in [9.17, 15) is 9.59 Å². The van der Waals surface area contributed by atoms with E-state index in [4.69, 9.17) is 11.6 Å². The van der Waals surface area contributed by atoms with Gasteiger partial charge < -0.3 is 10.6 Å². The number of benzene rings is 2. The van der Waals surface area contributed by atoms with Gasteiger partial charge in [0.2, 0.25) is 0 Å². The van der Waals surface area contributed by atoms with Gasteiger partial charge in [0, 0.05) is 21.7 Å². The second-order valence-electron chi connectivity index (χ2n) is 5.05. The number of carbonyl (C=O) groups excluding carboxylic acids is 2. The fraction of sp³-hybridized carbons (Fsp3) is 0.176. The van der Waals surface area contributed by atoms with Gasteiger partial charge in [0.15, 0.2) is 0 Å². The number of hydrogen-bond donors (Lipinski definition) is 2. The van der Waals surface area contributed by atoms with E-state index in [-0.39, 0.29) is 0 Å². The van der Waals surface area contributed by atoms with Crippen LogP contribution in [0.5, 0.6) is 0 Å². The highest BCUT2D eigenvalue weighted by Crippen LogP contribution is 2.19. The average molecular weight is 396 g/mol. The predicted molar refractivity (Wildman–Crippen MR) is 95.7 cm³/mol. The van der Waals surface area contributed by atoms with Crippen LogP contribution >= 0.6 is 27.5 Å². The molecule has 0 aromatic heterocycles. The summed E-state index contributed by atoms with van der Waals surface area (Å²) in [5.74, 6) is -1.33. The Balaban J connectivity index is 1.81. The first-order valence-electron chi connectivity index (χ1n) is 7.05. The van der Waals surface area contributed by atoms with E-state index in [1.165, 1.54) is 0 Å². The van der Waals surface area contributed by atoms with Crippen molar-refractivity contribution in [3.05, 3.63) is 63.1 Å². The molecule has 2 aromatic carbocycles. The molecule has 2 aromatic rings. The molecule has 0 atom stereocenters. The van der Waals surface area contributed by atoms with Crippen LogP contribution in [0.3, 0.4) is 0 Å². The maximum absolute atomic E-state index is 11.8. The Labute approximate surface area is 148 Å². The standard InChI is InChI=1S/C17H16BrClN2O2/c1-11-10-14(6-7-15(11)18)21-17(23)16(22)20-9-8-12-2-4-13(19)5-3-12/h2-7,10H,8-9H2,1H3,(H,20,22)(H,21,23). The molecule has 4 nitrogen and oxygen atoms in total. The second kappa shape index (κ2) is 8.13. The highest BCUT2D eigenvalue weighted by Gasteiger charge is 2.13. The van der Waals surface area contributed by atoms with Gasteiger partial charge in [0.1, 0.15) is 0 Å². The number of nitrogens with one attached hydrogen (secondary N) is 2. The molecule has 120 valence electrons. The van der Waals surface area contributed by atoms with Crippen molar-refractivity contribution in [2.24, 2.45) is 0 Å². The molecule has 0 fully saturated rings. The van der Waals surface area contributed by atoms with Crippen LogP contribution in [0, 0.1) is 6.92 Å². The number of rotatable bonds is 4. The van der Waals surface area contributed by atoms with Crippen LogP contribution in [0.15, 0.2) is 46.9 Å². The molecule has 0 radical (unpaired) electrons. The Morgan fingerprint density at radius 3 is 2.43 bits per heavy atom. The zero-order valence-electron chi connectivity index (χ0n) is 12.5. The van der Waals surface area contributed by atoms with Gasteiger partial charge >= 0.3 is 11.8 Å². The lowest BCUT2D eigenvalue weighted by Gasteiger charge is -2.08.